The van der Waals surface area contributed by atoms with Crippen LogP contribution in [0, 0.1) is 29.1 Å². The molecule has 4 rings (SSSR count). The summed E-state index contributed by atoms with van der Waals surface area (Å²) < 4.78 is 31.9. The number of ether oxygens (including phenoxy) is 1. The molecule has 2 aromatic heterocycles. The SMILES string of the molecule is COc1cnc(C(F)F)cc1-c1cc(CC#N)ccc1C(=O)Nc1nnc(C#CC2CC2)s1. The summed E-state index contributed by atoms with van der Waals surface area (Å²) in [5, 5.41) is 20.5. The number of alkyl halides is 2. The Morgan fingerprint density at radius 3 is 2.82 bits per heavy atom. The molecule has 1 aliphatic carbocycles. The fourth-order valence-corrected chi connectivity index (χ4v) is 3.65. The standard InChI is InChI=1S/C23H17F2N5O2S/c1-32-19-12-27-18(21(24)25)11-17(19)16-10-14(8-9-26)4-6-15(16)22(31)28-23-30-29-20(33-23)7-5-13-2-3-13/h4,6,10-13,21H,2-3,8H2,1H3,(H,28,30,31). The summed E-state index contributed by atoms with van der Waals surface area (Å²) in [6.07, 6.45) is 0.650. The van der Waals surface area contributed by atoms with Crippen molar-refractivity contribution in [1.82, 2.24) is 15.2 Å². The Morgan fingerprint density at radius 1 is 1.30 bits per heavy atom. The quantitative estimate of drug-likeness (QED) is 0.533. The van der Waals surface area contributed by atoms with Gasteiger partial charge in [-0.25, -0.2) is 8.78 Å². The van der Waals surface area contributed by atoms with Crippen molar-refractivity contribution in [3.63, 3.8) is 0 Å². The number of aromatic nitrogens is 3. The summed E-state index contributed by atoms with van der Waals surface area (Å²) in [5.74, 6) is 6.15. The highest BCUT2D eigenvalue weighted by molar-refractivity contribution is 7.15. The van der Waals surface area contributed by atoms with Gasteiger partial charge in [-0.05, 0) is 48.1 Å². The number of nitrogens with one attached hydrogen (secondary N) is 1. The number of nitriles is 1. The molecule has 10 heteroatoms. The molecule has 0 spiro atoms. The molecule has 1 fully saturated rings. The normalized spacial score (nSPS) is 12.6. The van der Waals surface area contributed by atoms with E-state index in [0.29, 0.717) is 22.1 Å². The van der Waals surface area contributed by atoms with E-state index in [1.807, 2.05) is 6.07 Å². The number of pyridine rings is 1. The number of benzene rings is 1. The zero-order valence-corrected chi connectivity index (χ0v) is 18.2. The lowest BCUT2D eigenvalue weighted by Gasteiger charge is -2.15. The van der Waals surface area contributed by atoms with Gasteiger partial charge >= 0.3 is 0 Å². The second kappa shape index (κ2) is 9.72. The molecule has 3 aromatic rings. The van der Waals surface area contributed by atoms with Gasteiger partial charge in [-0.2, -0.15) is 5.26 Å². The van der Waals surface area contributed by atoms with Crippen molar-refractivity contribution in [1.29, 1.82) is 5.26 Å². The third kappa shape index (κ3) is 5.30. The van der Waals surface area contributed by atoms with E-state index < -0.39 is 18.0 Å². The predicted octanol–water partition coefficient (Wildman–Crippen LogP) is 4.63. The third-order valence-corrected chi connectivity index (χ3v) is 5.59. The van der Waals surface area contributed by atoms with E-state index in [4.69, 9.17) is 10.00 Å². The number of halogens is 2. The van der Waals surface area contributed by atoms with Crippen LogP contribution in [0.25, 0.3) is 11.1 Å². The molecule has 1 amide bonds. The van der Waals surface area contributed by atoms with Gasteiger partial charge in [0.05, 0.1) is 25.8 Å². The van der Waals surface area contributed by atoms with Gasteiger partial charge in [-0.3, -0.25) is 15.1 Å². The van der Waals surface area contributed by atoms with Gasteiger partial charge in [0.1, 0.15) is 11.4 Å². The van der Waals surface area contributed by atoms with E-state index in [0.717, 1.165) is 24.2 Å². The van der Waals surface area contributed by atoms with Crippen molar-refractivity contribution in [2.24, 2.45) is 5.92 Å². The van der Waals surface area contributed by atoms with Gasteiger partial charge in [-0.1, -0.05) is 23.3 Å². The maximum Gasteiger partial charge on any atom is 0.280 e. The summed E-state index contributed by atoms with van der Waals surface area (Å²) in [5.41, 5.74) is 0.962. The average molecular weight is 465 g/mol. The molecule has 1 saturated carbocycles. The van der Waals surface area contributed by atoms with Crippen LogP contribution in [0.3, 0.4) is 0 Å². The molecule has 1 aromatic carbocycles. The molecular weight excluding hydrogens is 448 g/mol. The third-order valence-electron chi connectivity index (χ3n) is 4.84. The van der Waals surface area contributed by atoms with Crippen LogP contribution in [0.15, 0.2) is 30.5 Å². The van der Waals surface area contributed by atoms with Crippen LogP contribution in [0.5, 0.6) is 5.75 Å². The zero-order valence-electron chi connectivity index (χ0n) is 17.4. The summed E-state index contributed by atoms with van der Waals surface area (Å²) in [7, 11) is 1.38. The molecule has 0 bridgehead atoms. The number of methoxy groups -OCH3 is 1. The Kier molecular flexibility index (Phi) is 6.57. The van der Waals surface area contributed by atoms with E-state index in [1.165, 1.54) is 25.4 Å². The van der Waals surface area contributed by atoms with E-state index in [-0.39, 0.29) is 28.4 Å². The molecule has 0 atom stereocenters. The molecule has 7 nitrogen and oxygen atoms in total. The minimum atomic E-state index is -2.80. The summed E-state index contributed by atoms with van der Waals surface area (Å²) >= 11 is 1.15. The average Bonchev–Trinajstić information content (AvgIpc) is 3.55. The van der Waals surface area contributed by atoms with Crippen LogP contribution in [0.2, 0.25) is 0 Å². The van der Waals surface area contributed by atoms with E-state index in [2.05, 4.69) is 32.3 Å². The second-order valence-corrected chi connectivity index (χ2v) is 8.21. The lowest BCUT2D eigenvalue weighted by Crippen LogP contribution is -2.13. The van der Waals surface area contributed by atoms with E-state index in [9.17, 15) is 13.6 Å². The van der Waals surface area contributed by atoms with Crippen LogP contribution < -0.4 is 10.1 Å². The largest absolute Gasteiger partial charge is 0.494 e. The van der Waals surface area contributed by atoms with Crippen LogP contribution in [-0.4, -0.2) is 28.2 Å². The van der Waals surface area contributed by atoms with Gasteiger partial charge < -0.3 is 4.74 Å². The highest BCUT2D eigenvalue weighted by Crippen LogP contribution is 2.35. The van der Waals surface area contributed by atoms with Gasteiger partial charge in [0.15, 0.2) is 5.01 Å². The number of carbonyl (C=O) groups is 1. The first-order valence-electron chi connectivity index (χ1n) is 9.97. The molecule has 0 aliphatic heterocycles. The molecular formula is C23H17F2N5O2S. The zero-order chi connectivity index (χ0) is 23.4. The molecule has 0 unspecified atom stereocenters. The second-order valence-electron chi connectivity index (χ2n) is 7.24. The number of hydrogen-bond donors (Lipinski definition) is 1. The topological polar surface area (TPSA) is 101 Å². The first kappa shape index (κ1) is 22.3. The van der Waals surface area contributed by atoms with E-state index in [1.54, 1.807) is 12.1 Å². The van der Waals surface area contributed by atoms with Crippen LogP contribution >= 0.6 is 11.3 Å². The maximum absolute atomic E-state index is 13.3. The fraction of sp³-hybridized carbons (Fsp3) is 0.261. The Labute approximate surface area is 192 Å². The number of hydrogen-bond acceptors (Lipinski definition) is 7. The van der Waals surface area contributed by atoms with Crippen LogP contribution in [0.4, 0.5) is 13.9 Å². The van der Waals surface area contributed by atoms with Gasteiger partial charge in [-0.15, -0.1) is 10.2 Å². The smallest absolute Gasteiger partial charge is 0.280 e. The Morgan fingerprint density at radius 2 is 2.12 bits per heavy atom. The van der Waals surface area contributed by atoms with Crippen molar-refractivity contribution >= 4 is 22.4 Å². The molecule has 1 aliphatic rings. The molecule has 1 N–H and O–H groups in total. The minimum Gasteiger partial charge on any atom is -0.494 e. The fourth-order valence-electron chi connectivity index (χ4n) is 3.05. The van der Waals surface area contributed by atoms with E-state index >= 15 is 0 Å². The number of anilines is 1. The van der Waals surface area contributed by atoms with Crippen LogP contribution in [-0.2, 0) is 6.42 Å². The first-order chi connectivity index (χ1) is 16.0. The minimum absolute atomic E-state index is 0.0867. The van der Waals surface area contributed by atoms with Crippen LogP contribution in [0.1, 0.15) is 45.9 Å². The van der Waals surface area contributed by atoms with Crippen molar-refractivity contribution in [3.8, 4) is 34.8 Å². The van der Waals surface area contributed by atoms with Crippen molar-refractivity contribution in [2.45, 2.75) is 25.7 Å². The molecule has 0 radical (unpaired) electrons. The summed E-state index contributed by atoms with van der Waals surface area (Å²) in [6, 6.07) is 8.01. The van der Waals surface area contributed by atoms with Gasteiger partial charge in [0, 0.05) is 17.0 Å². The van der Waals surface area contributed by atoms with Gasteiger partial charge in [0.25, 0.3) is 12.3 Å². The molecule has 2 heterocycles. The first-order valence-corrected chi connectivity index (χ1v) is 10.8. The Hall–Kier alpha value is -3.89. The molecule has 33 heavy (non-hydrogen) atoms. The Bertz CT molecular complexity index is 1300. The van der Waals surface area contributed by atoms with Crippen molar-refractivity contribution < 1.29 is 18.3 Å². The number of carbonyl (C=O) groups excluding carboxylic acids is 1. The Balaban J connectivity index is 1.70. The predicted molar refractivity (Wildman–Crippen MR) is 118 cm³/mol. The van der Waals surface area contributed by atoms with Crippen molar-refractivity contribution in [3.05, 3.63) is 52.3 Å². The number of rotatable bonds is 6. The van der Waals surface area contributed by atoms with Crippen molar-refractivity contribution in [2.75, 3.05) is 12.4 Å². The molecule has 166 valence electrons. The maximum atomic E-state index is 13.3. The number of amides is 1. The molecule has 0 saturated heterocycles. The summed E-state index contributed by atoms with van der Waals surface area (Å²) in [4.78, 5) is 16.8. The van der Waals surface area contributed by atoms with Gasteiger partial charge in [0.2, 0.25) is 5.13 Å². The monoisotopic (exact) mass is 465 g/mol. The lowest BCUT2D eigenvalue weighted by molar-refractivity contribution is 0.102. The highest BCUT2D eigenvalue weighted by Gasteiger charge is 2.21. The highest BCUT2D eigenvalue weighted by atomic mass is 32.1. The lowest BCUT2D eigenvalue weighted by atomic mass is 9.95. The summed E-state index contributed by atoms with van der Waals surface area (Å²) in [6.45, 7) is 0. The number of nitrogens with zero attached hydrogens (tertiary/aromatic N) is 4.